The zero-order valence-electron chi connectivity index (χ0n) is 11.2. The SMILES string of the molecule is CCc1nc(Cl)c(C)c(NCc2cnc(C)cn2)n1. The third-order valence-corrected chi connectivity index (χ3v) is 3.09. The molecule has 2 aromatic heterocycles. The van der Waals surface area contributed by atoms with Crippen LogP contribution in [0, 0.1) is 13.8 Å². The molecule has 0 atom stereocenters. The van der Waals surface area contributed by atoms with Gasteiger partial charge in [-0.15, -0.1) is 0 Å². The number of aromatic nitrogens is 4. The summed E-state index contributed by atoms with van der Waals surface area (Å²) in [5.74, 6) is 1.48. The molecule has 19 heavy (non-hydrogen) atoms. The van der Waals surface area contributed by atoms with Gasteiger partial charge in [0.2, 0.25) is 0 Å². The third kappa shape index (κ3) is 3.38. The van der Waals surface area contributed by atoms with Crippen LogP contribution in [0.2, 0.25) is 5.15 Å². The molecular formula is C13H16ClN5. The Kier molecular flexibility index (Phi) is 4.27. The molecule has 0 radical (unpaired) electrons. The Morgan fingerprint density at radius 3 is 2.58 bits per heavy atom. The summed E-state index contributed by atoms with van der Waals surface area (Å²) in [7, 11) is 0. The number of nitrogens with one attached hydrogen (secondary N) is 1. The van der Waals surface area contributed by atoms with Crippen LogP contribution in [0.4, 0.5) is 5.82 Å². The number of halogens is 1. The second-order valence-electron chi connectivity index (χ2n) is 4.26. The van der Waals surface area contributed by atoms with E-state index in [9.17, 15) is 0 Å². The van der Waals surface area contributed by atoms with Crippen molar-refractivity contribution >= 4 is 17.4 Å². The van der Waals surface area contributed by atoms with E-state index in [-0.39, 0.29) is 0 Å². The maximum atomic E-state index is 6.08. The lowest BCUT2D eigenvalue weighted by Gasteiger charge is -2.10. The summed E-state index contributed by atoms with van der Waals surface area (Å²) in [4.78, 5) is 17.1. The van der Waals surface area contributed by atoms with Crippen molar-refractivity contribution in [3.63, 3.8) is 0 Å². The molecule has 2 rings (SSSR count). The zero-order valence-corrected chi connectivity index (χ0v) is 12.0. The predicted octanol–water partition coefficient (Wildman–Crippen LogP) is 2.71. The van der Waals surface area contributed by atoms with Crippen molar-refractivity contribution in [3.05, 3.63) is 40.3 Å². The summed E-state index contributed by atoms with van der Waals surface area (Å²) < 4.78 is 0. The molecule has 0 aliphatic rings. The lowest BCUT2D eigenvalue weighted by Crippen LogP contribution is -2.08. The lowest BCUT2D eigenvalue weighted by atomic mass is 10.3. The van der Waals surface area contributed by atoms with E-state index < -0.39 is 0 Å². The van der Waals surface area contributed by atoms with Crippen molar-refractivity contribution in [1.82, 2.24) is 19.9 Å². The summed E-state index contributed by atoms with van der Waals surface area (Å²) >= 11 is 6.08. The smallest absolute Gasteiger partial charge is 0.137 e. The average molecular weight is 278 g/mol. The number of aryl methyl sites for hydroxylation is 2. The van der Waals surface area contributed by atoms with Crippen molar-refractivity contribution in [3.8, 4) is 0 Å². The van der Waals surface area contributed by atoms with E-state index in [1.807, 2.05) is 20.8 Å². The molecule has 0 aliphatic heterocycles. The van der Waals surface area contributed by atoms with Crippen LogP contribution in [0.5, 0.6) is 0 Å². The van der Waals surface area contributed by atoms with Gasteiger partial charge in [0, 0.05) is 18.2 Å². The molecule has 0 unspecified atom stereocenters. The molecule has 1 N–H and O–H groups in total. The van der Waals surface area contributed by atoms with Gasteiger partial charge in [0.05, 0.1) is 24.1 Å². The minimum Gasteiger partial charge on any atom is -0.364 e. The Bertz CT molecular complexity index is 568. The molecule has 0 fully saturated rings. The van der Waals surface area contributed by atoms with Gasteiger partial charge < -0.3 is 5.32 Å². The Hall–Kier alpha value is -1.75. The topological polar surface area (TPSA) is 63.6 Å². The van der Waals surface area contributed by atoms with Gasteiger partial charge in [-0.3, -0.25) is 9.97 Å². The monoisotopic (exact) mass is 277 g/mol. The van der Waals surface area contributed by atoms with E-state index in [0.717, 1.165) is 35.0 Å². The van der Waals surface area contributed by atoms with Gasteiger partial charge >= 0.3 is 0 Å². The van der Waals surface area contributed by atoms with Gasteiger partial charge in [0.15, 0.2) is 0 Å². The molecular weight excluding hydrogens is 262 g/mol. The van der Waals surface area contributed by atoms with Crippen molar-refractivity contribution in [2.45, 2.75) is 33.7 Å². The van der Waals surface area contributed by atoms with E-state index in [0.29, 0.717) is 11.7 Å². The molecule has 0 aromatic carbocycles. The molecule has 0 spiro atoms. The molecule has 0 saturated carbocycles. The lowest BCUT2D eigenvalue weighted by molar-refractivity contribution is 0.912. The van der Waals surface area contributed by atoms with Crippen LogP contribution in [0.25, 0.3) is 0 Å². The average Bonchev–Trinajstić information content (AvgIpc) is 2.42. The fraction of sp³-hybridized carbons (Fsp3) is 0.385. The highest BCUT2D eigenvalue weighted by Gasteiger charge is 2.08. The van der Waals surface area contributed by atoms with E-state index >= 15 is 0 Å². The van der Waals surface area contributed by atoms with Crippen LogP contribution in [-0.4, -0.2) is 19.9 Å². The Balaban J connectivity index is 2.14. The second kappa shape index (κ2) is 5.93. The summed E-state index contributed by atoms with van der Waals surface area (Å²) in [6, 6.07) is 0. The molecule has 2 aromatic rings. The van der Waals surface area contributed by atoms with Gasteiger partial charge in [0.1, 0.15) is 16.8 Å². The zero-order chi connectivity index (χ0) is 13.8. The number of rotatable bonds is 4. The molecule has 6 heteroatoms. The summed E-state index contributed by atoms with van der Waals surface area (Å²) in [5, 5.41) is 3.72. The molecule has 0 saturated heterocycles. The fourth-order valence-electron chi connectivity index (χ4n) is 1.55. The molecule has 0 amide bonds. The summed E-state index contributed by atoms with van der Waals surface area (Å²) in [6.45, 7) is 6.36. The van der Waals surface area contributed by atoms with Crippen LogP contribution in [0.1, 0.15) is 29.7 Å². The molecule has 0 bridgehead atoms. The molecule has 2 heterocycles. The highest BCUT2D eigenvalue weighted by Crippen LogP contribution is 2.20. The minimum absolute atomic E-state index is 0.490. The summed E-state index contributed by atoms with van der Waals surface area (Å²) in [5.41, 5.74) is 2.61. The van der Waals surface area contributed by atoms with Crippen LogP contribution < -0.4 is 5.32 Å². The van der Waals surface area contributed by atoms with Crippen LogP contribution in [-0.2, 0) is 13.0 Å². The first-order chi connectivity index (χ1) is 9.10. The van der Waals surface area contributed by atoms with E-state index in [1.54, 1.807) is 12.4 Å². The van der Waals surface area contributed by atoms with Crippen LogP contribution in [0.15, 0.2) is 12.4 Å². The van der Waals surface area contributed by atoms with Crippen LogP contribution >= 0.6 is 11.6 Å². The van der Waals surface area contributed by atoms with E-state index in [1.165, 1.54) is 0 Å². The van der Waals surface area contributed by atoms with Gasteiger partial charge in [-0.2, -0.15) is 0 Å². The first-order valence-corrected chi connectivity index (χ1v) is 6.52. The Labute approximate surface area is 117 Å². The molecule has 5 nitrogen and oxygen atoms in total. The van der Waals surface area contributed by atoms with Gasteiger partial charge in [-0.1, -0.05) is 18.5 Å². The van der Waals surface area contributed by atoms with Gasteiger partial charge in [-0.05, 0) is 13.8 Å². The second-order valence-corrected chi connectivity index (χ2v) is 4.62. The minimum atomic E-state index is 0.490. The normalized spacial score (nSPS) is 10.5. The fourth-order valence-corrected chi connectivity index (χ4v) is 1.73. The highest BCUT2D eigenvalue weighted by molar-refractivity contribution is 6.30. The predicted molar refractivity (Wildman–Crippen MR) is 75.3 cm³/mol. The first-order valence-electron chi connectivity index (χ1n) is 6.14. The van der Waals surface area contributed by atoms with Crippen LogP contribution in [0.3, 0.4) is 0 Å². The number of nitrogens with zero attached hydrogens (tertiary/aromatic N) is 4. The first kappa shape index (κ1) is 13.7. The number of hydrogen-bond acceptors (Lipinski definition) is 5. The van der Waals surface area contributed by atoms with Crippen molar-refractivity contribution in [1.29, 1.82) is 0 Å². The third-order valence-electron chi connectivity index (χ3n) is 2.72. The Morgan fingerprint density at radius 1 is 1.16 bits per heavy atom. The molecule has 100 valence electrons. The molecule has 0 aliphatic carbocycles. The number of hydrogen-bond donors (Lipinski definition) is 1. The standard InChI is InChI=1S/C13H16ClN5/c1-4-11-18-12(14)9(3)13(19-11)17-7-10-6-15-8(2)5-16-10/h5-6H,4,7H2,1-3H3,(H,17,18,19). The maximum absolute atomic E-state index is 6.08. The largest absolute Gasteiger partial charge is 0.364 e. The Morgan fingerprint density at radius 2 is 1.95 bits per heavy atom. The van der Waals surface area contributed by atoms with Crippen molar-refractivity contribution in [2.24, 2.45) is 0 Å². The van der Waals surface area contributed by atoms with Gasteiger partial charge in [0.25, 0.3) is 0 Å². The maximum Gasteiger partial charge on any atom is 0.137 e. The van der Waals surface area contributed by atoms with E-state index in [2.05, 4.69) is 25.3 Å². The van der Waals surface area contributed by atoms with E-state index in [4.69, 9.17) is 11.6 Å². The number of anilines is 1. The van der Waals surface area contributed by atoms with Crippen molar-refractivity contribution in [2.75, 3.05) is 5.32 Å². The van der Waals surface area contributed by atoms with Gasteiger partial charge in [-0.25, -0.2) is 9.97 Å². The highest BCUT2D eigenvalue weighted by atomic mass is 35.5. The quantitative estimate of drug-likeness (QED) is 0.871. The summed E-state index contributed by atoms with van der Waals surface area (Å²) in [6.07, 6.45) is 4.24. The van der Waals surface area contributed by atoms with Crippen molar-refractivity contribution < 1.29 is 0 Å².